The highest BCUT2D eigenvalue weighted by Gasteiger charge is 2.26. The van der Waals surface area contributed by atoms with E-state index in [1.165, 1.54) is 4.90 Å². The maximum Gasteiger partial charge on any atom is 0.249 e. The molecular weight excluding hydrogens is 334 g/mol. The first kappa shape index (κ1) is 17.1. The second kappa shape index (κ2) is 7.41. The van der Waals surface area contributed by atoms with Crippen LogP contribution in [0.15, 0.2) is 53.5 Å². The number of rotatable bonds is 4. The molecule has 3 rings (SSSR count). The summed E-state index contributed by atoms with van der Waals surface area (Å²) in [6.07, 6.45) is 0. The predicted molar refractivity (Wildman–Crippen MR) is 99.1 cm³/mol. The fourth-order valence-electron chi connectivity index (χ4n) is 2.70. The molecule has 2 aromatic rings. The molecule has 0 saturated carbocycles. The van der Waals surface area contributed by atoms with Crippen molar-refractivity contribution in [2.45, 2.75) is 6.92 Å². The van der Waals surface area contributed by atoms with Gasteiger partial charge >= 0.3 is 0 Å². The summed E-state index contributed by atoms with van der Waals surface area (Å²) in [6.45, 7) is 1.81. The highest BCUT2D eigenvalue weighted by Crippen LogP contribution is 2.28. The SMILES string of the molecule is CCS(=O)CN1C(=O)CN=C(c2ccccc2)c2cc(C#N)ccc21. The standard InChI is InChI=1S/C19H17N3O2S/c1-2-25(24)13-22-17-9-8-14(11-20)10-16(17)19(21-12-18(22)23)15-6-4-3-5-7-15/h3-10H,2,12-13H2,1H3. The van der Waals surface area contributed by atoms with Crippen molar-refractivity contribution in [1.82, 2.24) is 0 Å². The largest absolute Gasteiger partial charge is 0.298 e. The third kappa shape index (κ3) is 3.52. The van der Waals surface area contributed by atoms with Gasteiger partial charge in [0.05, 0.1) is 23.0 Å². The lowest BCUT2D eigenvalue weighted by atomic mass is 9.98. The Morgan fingerprint density at radius 3 is 2.68 bits per heavy atom. The summed E-state index contributed by atoms with van der Waals surface area (Å²) in [5.41, 5.74) is 3.40. The molecule has 0 aromatic heterocycles. The summed E-state index contributed by atoms with van der Waals surface area (Å²) in [7, 11) is -1.13. The molecule has 0 N–H and O–H groups in total. The first-order chi connectivity index (χ1) is 12.1. The fourth-order valence-corrected chi connectivity index (χ4v) is 3.46. The zero-order chi connectivity index (χ0) is 17.8. The number of anilines is 1. The van der Waals surface area contributed by atoms with Crippen LogP contribution in [-0.2, 0) is 15.6 Å². The monoisotopic (exact) mass is 351 g/mol. The molecule has 1 atom stereocenters. The minimum Gasteiger partial charge on any atom is -0.298 e. The van der Waals surface area contributed by atoms with Gasteiger partial charge in [-0.15, -0.1) is 0 Å². The third-order valence-corrected chi connectivity index (χ3v) is 5.18. The summed E-state index contributed by atoms with van der Waals surface area (Å²) in [5, 5.41) is 9.25. The molecule has 5 nitrogen and oxygen atoms in total. The average Bonchev–Trinajstić information content (AvgIpc) is 2.79. The van der Waals surface area contributed by atoms with Crippen molar-refractivity contribution in [2.75, 3.05) is 23.1 Å². The van der Waals surface area contributed by atoms with Crippen LogP contribution >= 0.6 is 0 Å². The quantitative estimate of drug-likeness (QED) is 0.849. The van der Waals surface area contributed by atoms with E-state index in [1.54, 1.807) is 18.2 Å². The smallest absolute Gasteiger partial charge is 0.249 e. The lowest BCUT2D eigenvalue weighted by molar-refractivity contribution is -0.117. The Morgan fingerprint density at radius 2 is 2.00 bits per heavy atom. The Hall–Kier alpha value is -2.78. The van der Waals surface area contributed by atoms with Gasteiger partial charge in [0.2, 0.25) is 5.91 Å². The third-order valence-electron chi connectivity index (χ3n) is 3.99. The number of amides is 1. The zero-order valence-corrected chi connectivity index (χ0v) is 14.6. The number of benzene rings is 2. The van der Waals surface area contributed by atoms with Crippen LogP contribution in [0, 0.1) is 11.3 Å². The number of nitrogens with zero attached hydrogens (tertiary/aromatic N) is 3. The molecule has 6 heteroatoms. The van der Waals surface area contributed by atoms with Crippen LogP contribution in [0.2, 0.25) is 0 Å². The Balaban J connectivity index is 2.17. The van der Waals surface area contributed by atoms with Crippen LogP contribution < -0.4 is 4.90 Å². The van der Waals surface area contributed by atoms with Crippen LogP contribution in [0.5, 0.6) is 0 Å². The predicted octanol–water partition coefficient (Wildman–Crippen LogP) is 2.47. The van der Waals surface area contributed by atoms with Crippen molar-refractivity contribution in [3.63, 3.8) is 0 Å². The molecular formula is C19H17N3O2S. The molecule has 0 fully saturated rings. The minimum absolute atomic E-state index is 0.0122. The van der Waals surface area contributed by atoms with E-state index >= 15 is 0 Å². The van der Waals surface area contributed by atoms with Gasteiger partial charge in [0.25, 0.3) is 0 Å². The summed E-state index contributed by atoms with van der Waals surface area (Å²) < 4.78 is 12.0. The minimum atomic E-state index is -1.13. The zero-order valence-electron chi connectivity index (χ0n) is 13.8. The van der Waals surface area contributed by atoms with E-state index in [-0.39, 0.29) is 18.3 Å². The fraction of sp³-hybridized carbons (Fsp3) is 0.211. The number of carbonyl (C=O) groups excluding carboxylic acids is 1. The maximum absolute atomic E-state index is 12.6. The van der Waals surface area contributed by atoms with Gasteiger partial charge in [-0.25, -0.2) is 0 Å². The number of fused-ring (bicyclic) bond motifs is 1. The molecule has 0 aliphatic carbocycles. The summed E-state index contributed by atoms with van der Waals surface area (Å²) >= 11 is 0. The average molecular weight is 351 g/mol. The molecule has 1 unspecified atom stereocenters. The van der Waals surface area contributed by atoms with Gasteiger partial charge in [-0.2, -0.15) is 5.26 Å². The highest BCUT2D eigenvalue weighted by molar-refractivity contribution is 7.85. The first-order valence-electron chi connectivity index (χ1n) is 7.93. The van der Waals surface area contributed by atoms with Gasteiger partial charge in [0, 0.05) is 27.7 Å². The summed E-state index contributed by atoms with van der Waals surface area (Å²) in [5.74, 6) is 0.409. The van der Waals surface area contributed by atoms with Crippen LogP contribution in [0.1, 0.15) is 23.6 Å². The van der Waals surface area contributed by atoms with Crippen molar-refractivity contribution in [3.05, 3.63) is 65.2 Å². The number of hydrogen-bond acceptors (Lipinski definition) is 4. The molecule has 0 radical (unpaired) electrons. The van der Waals surface area contributed by atoms with Crippen molar-refractivity contribution >= 4 is 28.1 Å². The number of carbonyl (C=O) groups is 1. The van der Waals surface area contributed by atoms with E-state index in [2.05, 4.69) is 11.1 Å². The Kier molecular flexibility index (Phi) is 5.05. The second-order valence-electron chi connectivity index (χ2n) is 5.55. The first-order valence-corrected chi connectivity index (χ1v) is 9.42. The highest BCUT2D eigenvalue weighted by atomic mass is 32.2. The summed E-state index contributed by atoms with van der Waals surface area (Å²) in [6, 6.07) is 16.8. The van der Waals surface area contributed by atoms with E-state index in [0.29, 0.717) is 28.3 Å². The van der Waals surface area contributed by atoms with Gasteiger partial charge in [-0.3, -0.25) is 18.9 Å². The van der Waals surface area contributed by atoms with Crippen LogP contribution in [0.3, 0.4) is 0 Å². The van der Waals surface area contributed by atoms with Gasteiger partial charge in [-0.05, 0) is 18.2 Å². The van der Waals surface area contributed by atoms with Gasteiger partial charge < -0.3 is 0 Å². The lowest BCUT2D eigenvalue weighted by Gasteiger charge is -2.22. The van der Waals surface area contributed by atoms with Crippen molar-refractivity contribution in [3.8, 4) is 6.07 Å². The molecule has 126 valence electrons. The molecule has 1 aliphatic rings. The molecule has 1 heterocycles. The number of hydrogen-bond donors (Lipinski definition) is 0. The van der Waals surface area contributed by atoms with Crippen LogP contribution in [0.4, 0.5) is 5.69 Å². The molecule has 0 spiro atoms. The molecule has 0 bridgehead atoms. The van der Waals surface area contributed by atoms with Crippen LogP contribution in [0.25, 0.3) is 0 Å². The van der Waals surface area contributed by atoms with E-state index in [9.17, 15) is 14.3 Å². The molecule has 0 saturated heterocycles. The molecule has 25 heavy (non-hydrogen) atoms. The van der Waals surface area contributed by atoms with Gasteiger partial charge in [0.1, 0.15) is 12.4 Å². The molecule has 1 aliphatic heterocycles. The van der Waals surface area contributed by atoms with E-state index in [1.807, 2.05) is 37.3 Å². The van der Waals surface area contributed by atoms with E-state index < -0.39 is 10.8 Å². The van der Waals surface area contributed by atoms with Crippen molar-refractivity contribution < 1.29 is 9.00 Å². The van der Waals surface area contributed by atoms with E-state index in [0.717, 1.165) is 5.56 Å². The second-order valence-corrected chi connectivity index (χ2v) is 7.27. The lowest BCUT2D eigenvalue weighted by Crippen LogP contribution is -2.35. The van der Waals surface area contributed by atoms with Crippen molar-refractivity contribution in [2.24, 2.45) is 4.99 Å². The summed E-state index contributed by atoms with van der Waals surface area (Å²) in [4.78, 5) is 18.6. The van der Waals surface area contributed by atoms with E-state index in [4.69, 9.17) is 0 Å². The Labute approximate surface area is 149 Å². The Bertz CT molecular complexity index is 901. The molecule has 1 amide bonds. The normalized spacial score (nSPS) is 15.0. The van der Waals surface area contributed by atoms with Crippen LogP contribution in [-0.4, -0.2) is 34.0 Å². The van der Waals surface area contributed by atoms with Gasteiger partial charge in [0.15, 0.2) is 0 Å². The number of nitriles is 1. The topological polar surface area (TPSA) is 73.5 Å². The number of benzodiazepines with no additional fused rings is 1. The Morgan fingerprint density at radius 1 is 1.24 bits per heavy atom. The number of aliphatic imine (C=N–C) groups is 1. The van der Waals surface area contributed by atoms with Crippen molar-refractivity contribution in [1.29, 1.82) is 5.26 Å². The maximum atomic E-state index is 12.6. The molecule has 2 aromatic carbocycles. The van der Waals surface area contributed by atoms with Gasteiger partial charge in [-0.1, -0.05) is 37.3 Å².